The van der Waals surface area contributed by atoms with Crippen LogP contribution >= 0.6 is 0 Å². The highest BCUT2D eigenvalue weighted by molar-refractivity contribution is 5.70. The van der Waals surface area contributed by atoms with E-state index in [4.69, 9.17) is 9.47 Å². The van der Waals surface area contributed by atoms with Crippen LogP contribution in [-0.4, -0.2) is 25.7 Å². The Balaban J connectivity index is 4.02. The van der Waals surface area contributed by atoms with E-state index in [9.17, 15) is 9.59 Å². The SMILES string of the molecule is CCCCCCC(CCC(=O)OCC)CC(=O)OC. The molecule has 0 heterocycles. The van der Waals surface area contributed by atoms with Gasteiger partial charge >= 0.3 is 11.9 Å². The third-order valence-corrected chi connectivity index (χ3v) is 3.21. The van der Waals surface area contributed by atoms with Gasteiger partial charge in [-0.25, -0.2) is 0 Å². The molecule has 0 amide bonds. The molecule has 0 fully saturated rings. The van der Waals surface area contributed by atoms with Gasteiger partial charge in [-0.15, -0.1) is 0 Å². The van der Waals surface area contributed by atoms with Crippen molar-refractivity contribution in [2.45, 2.75) is 65.2 Å². The third kappa shape index (κ3) is 10.5. The van der Waals surface area contributed by atoms with E-state index in [0.29, 0.717) is 25.9 Å². The van der Waals surface area contributed by atoms with Crippen LogP contribution in [0.3, 0.4) is 0 Å². The molecule has 0 bridgehead atoms. The summed E-state index contributed by atoms with van der Waals surface area (Å²) in [5, 5.41) is 0. The summed E-state index contributed by atoms with van der Waals surface area (Å²) in [5.74, 6) is -0.135. The molecular formula is C15H28O4. The van der Waals surface area contributed by atoms with Gasteiger partial charge in [0.25, 0.3) is 0 Å². The van der Waals surface area contributed by atoms with Crippen LogP contribution in [0.4, 0.5) is 0 Å². The third-order valence-electron chi connectivity index (χ3n) is 3.21. The number of hydrogen-bond donors (Lipinski definition) is 0. The van der Waals surface area contributed by atoms with E-state index in [-0.39, 0.29) is 17.9 Å². The van der Waals surface area contributed by atoms with Gasteiger partial charge in [0, 0.05) is 12.8 Å². The smallest absolute Gasteiger partial charge is 0.305 e. The number of carbonyl (C=O) groups excluding carboxylic acids is 2. The fraction of sp³-hybridized carbons (Fsp3) is 0.867. The minimum absolute atomic E-state index is 0.175. The Kier molecular flexibility index (Phi) is 11.3. The van der Waals surface area contributed by atoms with Gasteiger partial charge in [0.2, 0.25) is 0 Å². The number of carbonyl (C=O) groups is 2. The van der Waals surface area contributed by atoms with Gasteiger partial charge in [0.1, 0.15) is 0 Å². The predicted octanol–water partition coefficient (Wildman–Crippen LogP) is 3.48. The van der Waals surface area contributed by atoms with Gasteiger partial charge in [-0.2, -0.15) is 0 Å². The molecule has 0 rings (SSSR count). The molecule has 0 radical (unpaired) electrons. The second kappa shape index (κ2) is 12.0. The molecule has 0 aliphatic carbocycles. The van der Waals surface area contributed by atoms with Crippen molar-refractivity contribution >= 4 is 11.9 Å². The molecule has 4 nitrogen and oxygen atoms in total. The molecule has 112 valence electrons. The summed E-state index contributed by atoms with van der Waals surface area (Å²) in [6.07, 6.45) is 7.21. The Bertz CT molecular complexity index is 251. The maximum atomic E-state index is 11.3. The molecule has 0 aliphatic heterocycles. The minimum atomic E-state index is -0.190. The average Bonchev–Trinajstić information content (AvgIpc) is 2.40. The molecule has 0 saturated heterocycles. The van der Waals surface area contributed by atoms with Crippen molar-refractivity contribution in [2.75, 3.05) is 13.7 Å². The molecule has 0 spiro atoms. The summed E-state index contributed by atoms with van der Waals surface area (Å²) in [5.41, 5.74) is 0. The molecule has 0 aromatic heterocycles. The van der Waals surface area contributed by atoms with E-state index in [2.05, 4.69) is 6.92 Å². The van der Waals surface area contributed by atoms with Gasteiger partial charge in [-0.3, -0.25) is 9.59 Å². The van der Waals surface area contributed by atoms with Crippen molar-refractivity contribution in [1.29, 1.82) is 0 Å². The Morgan fingerprint density at radius 3 is 2.32 bits per heavy atom. The molecule has 19 heavy (non-hydrogen) atoms. The summed E-state index contributed by atoms with van der Waals surface area (Å²) in [6.45, 7) is 4.39. The first kappa shape index (κ1) is 17.9. The molecule has 1 unspecified atom stereocenters. The fourth-order valence-corrected chi connectivity index (χ4v) is 2.08. The van der Waals surface area contributed by atoms with Gasteiger partial charge < -0.3 is 9.47 Å². The zero-order valence-corrected chi connectivity index (χ0v) is 12.6. The molecular weight excluding hydrogens is 244 g/mol. The maximum Gasteiger partial charge on any atom is 0.305 e. The van der Waals surface area contributed by atoms with Crippen LogP contribution in [0.1, 0.15) is 65.2 Å². The first-order chi connectivity index (χ1) is 9.13. The van der Waals surface area contributed by atoms with E-state index in [1.54, 1.807) is 6.92 Å². The van der Waals surface area contributed by atoms with E-state index in [1.807, 2.05) is 0 Å². The minimum Gasteiger partial charge on any atom is -0.469 e. The zero-order chi connectivity index (χ0) is 14.5. The Morgan fingerprint density at radius 1 is 1.00 bits per heavy atom. The highest BCUT2D eigenvalue weighted by Gasteiger charge is 2.16. The van der Waals surface area contributed by atoms with Crippen LogP contribution in [0.15, 0.2) is 0 Å². The average molecular weight is 272 g/mol. The summed E-state index contributed by atoms with van der Waals surface area (Å²) in [6, 6.07) is 0. The topological polar surface area (TPSA) is 52.6 Å². The second-order valence-electron chi connectivity index (χ2n) is 4.84. The molecule has 0 aliphatic rings. The van der Waals surface area contributed by atoms with Crippen molar-refractivity contribution in [3.8, 4) is 0 Å². The number of methoxy groups -OCH3 is 1. The van der Waals surface area contributed by atoms with E-state index in [1.165, 1.54) is 26.4 Å². The highest BCUT2D eigenvalue weighted by atomic mass is 16.5. The normalized spacial score (nSPS) is 11.9. The van der Waals surface area contributed by atoms with Crippen molar-refractivity contribution in [1.82, 2.24) is 0 Å². The van der Waals surface area contributed by atoms with E-state index in [0.717, 1.165) is 12.8 Å². The van der Waals surface area contributed by atoms with Crippen molar-refractivity contribution in [3.05, 3.63) is 0 Å². The fourth-order valence-electron chi connectivity index (χ4n) is 2.08. The first-order valence-electron chi connectivity index (χ1n) is 7.36. The lowest BCUT2D eigenvalue weighted by Gasteiger charge is -2.15. The summed E-state index contributed by atoms with van der Waals surface area (Å²) in [7, 11) is 1.40. The highest BCUT2D eigenvalue weighted by Crippen LogP contribution is 2.20. The van der Waals surface area contributed by atoms with E-state index < -0.39 is 0 Å². The van der Waals surface area contributed by atoms with Crippen molar-refractivity contribution in [2.24, 2.45) is 5.92 Å². The number of esters is 2. The maximum absolute atomic E-state index is 11.3. The van der Waals surface area contributed by atoms with Gasteiger partial charge in [0.15, 0.2) is 0 Å². The Hall–Kier alpha value is -1.06. The lowest BCUT2D eigenvalue weighted by atomic mass is 9.93. The standard InChI is InChI=1S/C15H28O4/c1-4-6-7-8-9-13(12-15(17)18-3)10-11-14(16)19-5-2/h13H,4-12H2,1-3H3. The monoisotopic (exact) mass is 272 g/mol. The number of ether oxygens (including phenoxy) is 2. The largest absolute Gasteiger partial charge is 0.469 e. The first-order valence-corrected chi connectivity index (χ1v) is 7.36. The molecule has 0 aromatic carbocycles. The lowest BCUT2D eigenvalue weighted by Crippen LogP contribution is -2.13. The molecule has 0 saturated carbocycles. The van der Waals surface area contributed by atoms with Crippen LogP contribution in [0.5, 0.6) is 0 Å². The summed E-state index contributed by atoms with van der Waals surface area (Å²) < 4.78 is 9.62. The molecule has 4 heteroatoms. The number of rotatable bonds is 11. The molecule has 0 N–H and O–H groups in total. The predicted molar refractivity (Wildman–Crippen MR) is 74.7 cm³/mol. The molecule has 0 aromatic rings. The number of unbranched alkanes of at least 4 members (excludes halogenated alkanes) is 3. The van der Waals surface area contributed by atoms with Gasteiger partial charge in [-0.05, 0) is 25.7 Å². The van der Waals surface area contributed by atoms with Crippen LogP contribution < -0.4 is 0 Å². The van der Waals surface area contributed by atoms with Crippen LogP contribution in [-0.2, 0) is 19.1 Å². The Labute approximate surface area is 116 Å². The van der Waals surface area contributed by atoms with Crippen LogP contribution in [0, 0.1) is 5.92 Å². The molecule has 1 atom stereocenters. The van der Waals surface area contributed by atoms with Crippen LogP contribution in [0.25, 0.3) is 0 Å². The van der Waals surface area contributed by atoms with Crippen molar-refractivity contribution in [3.63, 3.8) is 0 Å². The quantitative estimate of drug-likeness (QED) is 0.427. The Morgan fingerprint density at radius 2 is 1.74 bits per heavy atom. The second-order valence-corrected chi connectivity index (χ2v) is 4.84. The zero-order valence-electron chi connectivity index (χ0n) is 12.6. The summed E-state index contributed by atoms with van der Waals surface area (Å²) >= 11 is 0. The van der Waals surface area contributed by atoms with Crippen LogP contribution in [0.2, 0.25) is 0 Å². The van der Waals surface area contributed by atoms with Crippen molar-refractivity contribution < 1.29 is 19.1 Å². The summed E-state index contributed by atoms with van der Waals surface area (Å²) in [4.78, 5) is 22.7. The van der Waals surface area contributed by atoms with E-state index >= 15 is 0 Å². The van der Waals surface area contributed by atoms with Gasteiger partial charge in [0.05, 0.1) is 13.7 Å². The lowest BCUT2D eigenvalue weighted by molar-refractivity contribution is -0.145. The van der Waals surface area contributed by atoms with Gasteiger partial charge in [-0.1, -0.05) is 32.6 Å². The number of hydrogen-bond acceptors (Lipinski definition) is 4.